The van der Waals surface area contributed by atoms with E-state index in [0.29, 0.717) is 22.5 Å². The van der Waals surface area contributed by atoms with Crippen molar-refractivity contribution in [2.45, 2.75) is 0 Å². The summed E-state index contributed by atoms with van der Waals surface area (Å²) in [4.78, 5) is 19.5. The van der Waals surface area contributed by atoms with Crippen LogP contribution in [0.15, 0.2) is 65.7 Å². The quantitative estimate of drug-likeness (QED) is 0.596. The van der Waals surface area contributed by atoms with Gasteiger partial charge in [-0.1, -0.05) is 36.4 Å². The first-order valence-corrected chi connectivity index (χ1v) is 7.05. The van der Waals surface area contributed by atoms with E-state index in [9.17, 15) is 9.90 Å². The van der Waals surface area contributed by atoms with Gasteiger partial charge in [0.05, 0.1) is 17.5 Å². The van der Waals surface area contributed by atoms with Gasteiger partial charge in [-0.15, -0.1) is 0 Å². The van der Waals surface area contributed by atoms with Crippen LogP contribution in [-0.2, 0) is 0 Å². The molecule has 0 aliphatic carbocycles. The first-order chi connectivity index (χ1) is 11.3. The Hall–Kier alpha value is -3.41. The lowest BCUT2D eigenvalue weighted by atomic mass is 10.1. The predicted molar refractivity (Wildman–Crippen MR) is 86.1 cm³/mol. The van der Waals surface area contributed by atoms with Crippen molar-refractivity contribution in [3.05, 3.63) is 71.3 Å². The van der Waals surface area contributed by atoms with E-state index in [-0.39, 0.29) is 17.0 Å². The number of rotatable bonds is 2. The molecule has 4 rings (SSSR count). The minimum atomic E-state index is -0.376. The molecule has 0 bridgehead atoms. The van der Waals surface area contributed by atoms with Gasteiger partial charge in [0, 0.05) is 6.20 Å². The van der Waals surface area contributed by atoms with Crippen LogP contribution in [0.1, 0.15) is 0 Å². The molecule has 0 unspecified atom stereocenters. The molecule has 1 aromatic carbocycles. The zero-order chi connectivity index (χ0) is 15.8. The smallest absolute Gasteiger partial charge is 0.262 e. The molecule has 0 aliphatic heterocycles. The summed E-state index contributed by atoms with van der Waals surface area (Å²) in [6.07, 6.45) is 3.23. The normalized spacial score (nSPS) is 11.0. The summed E-state index contributed by atoms with van der Waals surface area (Å²) < 4.78 is 1.31. The number of aromatic nitrogens is 4. The number of aromatic amines is 1. The van der Waals surface area contributed by atoms with Crippen LogP contribution in [-0.4, -0.2) is 24.7 Å². The topological polar surface area (TPSA) is 83.3 Å². The van der Waals surface area contributed by atoms with Gasteiger partial charge in [0.15, 0.2) is 0 Å². The number of hydrogen-bond donors (Lipinski definition) is 2. The highest BCUT2D eigenvalue weighted by Crippen LogP contribution is 2.28. The molecule has 0 radical (unpaired) electrons. The molecule has 0 aliphatic rings. The van der Waals surface area contributed by atoms with Gasteiger partial charge in [-0.05, 0) is 17.7 Å². The summed E-state index contributed by atoms with van der Waals surface area (Å²) in [6.45, 7) is 0. The molecular weight excluding hydrogens is 292 g/mol. The van der Waals surface area contributed by atoms with Gasteiger partial charge in [0.1, 0.15) is 11.2 Å². The van der Waals surface area contributed by atoms with Crippen LogP contribution >= 0.6 is 0 Å². The van der Waals surface area contributed by atoms with E-state index in [1.807, 2.05) is 24.3 Å². The molecule has 112 valence electrons. The lowest BCUT2D eigenvalue weighted by Crippen LogP contribution is -2.12. The monoisotopic (exact) mass is 304 g/mol. The van der Waals surface area contributed by atoms with Gasteiger partial charge in [-0.25, -0.2) is 0 Å². The molecule has 6 heteroatoms. The molecule has 4 aromatic rings. The van der Waals surface area contributed by atoms with E-state index < -0.39 is 0 Å². The van der Waals surface area contributed by atoms with Gasteiger partial charge in [-0.3, -0.25) is 9.78 Å². The predicted octanol–water partition coefficient (Wildman–Crippen LogP) is 2.46. The number of H-pyrrole nitrogens is 1. The Kier molecular flexibility index (Phi) is 2.94. The maximum Gasteiger partial charge on any atom is 0.262 e. The lowest BCUT2D eigenvalue weighted by molar-refractivity contribution is 0.437. The molecule has 23 heavy (non-hydrogen) atoms. The summed E-state index contributed by atoms with van der Waals surface area (Å²) in [7, 11) is 0. The molecule has 0 fully saturated rings. The SMILES string of the molecule is O=c1[nH]c2c(-c3ccccn3)cnn2c(O)c1-c1ccccc1. The summed E-state index contributed by atoms with van der Waals surface area (Å²) in [5.41, 5.74) is 2.17. The Morgan fingerprint density at radius 2 is 1.83 bits per heavy atom. The Bertz CT molecular complexity index is 1040. The van der Waals surface area contributed by atoms with Crippen LogP contribution in [0.2, 0.25) is 0 Å². The highest BCUT2D eigenvalue weighted by Gasteiger charge is 2.17. The van der Waals surface area contributed by atoms with Gasteiger partial charge in [-0.2, -0.15) is 9.61 Å². The molecule has 0 spiro atoms. The van der Waals surface area contributed by atoms with Crippen LogP contribution in [0.3, 0.4) is 0 Å². The Morgan fingerprint density at radius 1 is 1.04 bits per heavy atom. The van der Waals surface area contributed by atoms with Crippen LogP contribution in [0.25, 0.3) is 28.0 Å². The van der Waals surface area contributed by atoms with Crippen LogP contribution < -0.4 is 5.56 Å². The zero-order valence-electron chi connectivity index (χ0n) is 12.0. The van der Waals surface area contributed by atoms with Gasteiger partial charge < -0.3 is 10.1 Å². The lowest BCUT2D eigenvalue weighted by Gasteiger charge is -2.06. The molecule has 0 saturated heterocycles. The average molecular weight is 304 g/mol. The van der Waals surface area contributed by atoms with E-state index in [1.54, 1.807) is 36.7 Å². The summed E-state index contributed by atoms with van der Waals surface area (Å²) in [6, 6.07) is 14.5. The minimum absolute atomic E-state index is 0.189. The molecule has 2 N–H and O–H groups in total. The van der Waals surface area contributed by atoms with Crippen molar-refractivity contribution in [3.8, 4) is 28.3 Å². The van der Waals surface area contributed by atoms with Crippen LogP contribution in [0, 0.1) is 0 Å². The number of aromatic hydroxyl groups is 1. The second kappa shape index (κ2) is 5.10. The highest BCUT2D eigenvalue weighted by molar-refractivity contribution is 5.77. The van der Waals surface area contributed by atoms with Crippen molar-refractivity contribution in [1.82, 2.24) is 19.6 Å². The third-order valence-corrected chi connectivity index (χ3v) is 3.66. The molecule has 0 atom stereocenters. The van der Waals surface area contributed by atoms with E-state index in [2.05, 4.69) is 15.1 Å². The third-order valence-electron chi connectivity index (χ3n) is 3.66. The minimum Gasteiger partial charge on any atom is -0.493 e. The van der Waals surface area contributed by atoms with Crippen molar-refractivity contribution < 1.29 is 5.11 Å². The Morgan fingerprint density at radius 3 is 2.57 bits per heavy atom. The first kappa shape index (κ1) is 13.3. The van der Waals surface area contributed by atoms with Crippen molar-refractivity contribution in [2.75, 3.05) is 0 Å². The fourth-order valence-corrected chi connectivity index (χ4v) is 2.58. The second-order valence-electron chi connectivity index (χ2n) is 5.05. The fourth-order valence-electron chi connectivity index (χ4n) is 2.58. The van der Waals surface area contributed by atoms with Crippen LogP contribution in [0.5, 0.6) is 5.88 Å². The molecule has 0 amide bonds. The van der Waals surface area contributed by atoms with Gasteiger partial charge >= 0.3 is 0 Å². The largest absolute Gasteiger partial charge is 0.493 e. The van der Waals surface area contributed by atoms with Crippen LogP contribution in [0.4, 0.5) is 0 Å². The molecule has 3 heterocycles. The number of pyridine rings is 1. The third kappa shape index (κ3) is 2.08. The number of nitrogens with one attached hydrogen (secondary N) is 1. The maximum absolute atomic E-state index is 12.5. The van der Waals surface area contributed by atoms with Gasteiger partial charge in [0.25, 0.3) is 5.56 Å². The number of benzene rings is 1. The highest BCUT2D eigenvalue weighted by atomic mass is 16.3. The van der Waals surface area contributed by atoms with Crippen molar-refractivity contribution in [1.29, 1.82) is 0 Å². The number of fused-ring (bicyclic) bond motifs is 1. The number of nitrogens with zero attached hydrogens (tertiary/aromatic N) is 3. The Balaban J connectivity index is 2.00. The summed E-state index contributed by atoms with van der Waals surface area (Å²) in [5, 5.41) is 14.7. The van der Waals surface area contributed by atoms with E-state index in [1.165, 1.54) is 4.52 Å². The molecule has 3 aromatic heterocycles. The van der Waals surface area contributed by atoms with Crippen molar-refractivity contribution >= 4 is 5.65 Å². The van der Waals surface area contributed by atoms with Crippen molar-refractivity contribution in [3.63, 3.8) is 0 Å². The maximum atomic E-state index is 12.5. The van der Waals surface area contributed by atoms with Crippen molar-refractivity contribution in [2.24, 2.45) is 0 Å². The molecule has 6 nitrogen and oxygen atoms in total. The van der Waals surface area contributed by atoms with Gasteiger partial charge in [0.2, 0.25) is 5.88 Å². The first-order valence-electron chi connectivity index (χ1n) is 7.05. The summed E-state index contributed by atoms with van der Waals surface area (Å²) >= 11 is 0. The van der Waals surface area contributed by atoms with E-state index in [4.69, 9.17) is 0 Å². The second-order valence-corrected chi connectivity index (χ2v) is 5.05. The Labute approximate surface area is 130 Å². The summed E-state index contributed by atoms with van der Waals surface area (Å²) in [5.74, 6) is -0.197. The number of hydrogen-bond acceptors (Lipinski definition) is 4. The standard InChI is InChI=1S/C17H12N4O2/c22-16-14(11-6-2-1-3-7-11)17(23)21-15(20-16)12(10-19-21)13-8-4-5-9-18-13/h1-10,23H,(H,20,22). The van der Waals surface area contributed by atoms with E-state index >= 15 is 0 Å². The molecular formula is C17H12N4O2. The molecule has 0 saturated carbocycles. The average Bonchev–Trinajstić information content (AvgIpc) is 3.00. The fraction of sp³-hybridized carbons (Fsp3) is 0. The van der Waals surface area contributed by atoms with E-state index in [0.717, 1.165) is 0 Å². The zero-order valence-corrected chi connectivity index (χ0v) is 12.0.